The molecule has 0 aliphatic carbocycles. The number of nitrogens with one attached hydrogen (secondary N) is 4. The van der Waals surface area contributed by atoms with Crippen molar-refractivity contribution >= 4 is 40.3 Å². The van der Waals surface area contributed by atoms with Crippen LogP contribution in [0.3, 0.4) is 0 Å². The molecule has 0 aliphatic heterocycles. The molecule has 11 nitrogen and oxygen atoms in total. The summed E-state index contributed by atoms with van der Waals surface area (Å²) in [7, 11) is 0. The number of benzene rings is 2. The number of fused-ring (bicyclic) bond motifs is 1. The fourth-order valence-electron chi connectivity index (χ4n) is 3.25. The molecule has 7 N–H and O–H groups in total. The minimum atomic E-state index is -1.35. The van der Waals surface area contributed by atoms with Crippen LogP contribution in [0.15, 0.2) is 42.5 Å². The van der Waals surface area contributed by atoms with Crippen LogP contribution in [0.2, 0.25) is 0 Å². The van der Waals surface area contributed by atoms with E-state index in [0.717, 1.165) is 16.3 Å². The van der Waals surface area contributed by atoms with Crippen LogP contribution >= 0.6 is 0 Å². The van der Waals surface area contributed by atoms with Crippen LogP contribution in [0.25, 0.3) is 10.8 Å². The van der Waals surface area contributed by atoms with Gasteiger partial charge in [-0.05, 0) is 23.3 Å². The van der Waals surface area contributed by atoms with Crippen molar-refractivity contribution in [1.82, 2.24) is 21.4 Å². The molecular weight excluding hydrogens is 454 g/mol. The number of nitrogens with two attached hydrogens (primary N) is 1. The topological polar surface area (TPSA) is 180 Å². The Morgan fingerprint density at radius 2 is 1.43 bits per heavy atom. The molecule has 2 aromatic rings. The van der Waals surface area contributed by atoms with E-state index in [9.17, 15) is 24.0 Å². The van der Waals surface area contributed by atoms with Gasteiger partial charge in [0.2, 0.25) is 29.5 Å². The number of carbonyl (C=O) groups excluding carboxylic acids is 5. The fraction of sp³-hybridized carbons (Fsp3) is 0.375. The van der Waals surface area contributed by atoms with Crippen molar-refractivity contribution in [3.05, 3.63) is 48.0 Å². The Labute approximate surface area is 202 Å². The Balaban J connectivity index is 2.30. The van der Waals surface area contributed by atoms with Gasteiger partial charge in [0.05, 0.1) is 6.42 Å². The number of primary amides is 1. The first-order valence-electron chi connectivity index (χ1n) is 11.1. The number of hydrogen-bond acceptors (Lipinski definition) is 6. The molecule has 0 bridgehead atoms. The lowest BCUT2D eigenvalue weighted by Crippen LogP contribution is -2.57. The summed E-state index contributed by atoms with van der Waals surface area (Å²) in [4.78, 5) is 61.3. The average molecular weight is 486 g/mol. The van der Waals surface area contributed by atoms with Gasteiger partial charge in [0.15, 0.2) is 0 Å². The van der Waals surface area contributed by atoms with E-state index in [1.165, 1.54) is 12.4 Å². The summed E-state index contributed by atoms with van der Waals surface area (Å²) in [6.07, 6.45) is -0.492. The van der Waals surface area contributed by atoms with Gasteiger partial charge in [-0.1, -0.05) is 56.3 Å². The van der Waals surface area contributed by atoms with Gasteiger partial charge in [0.25, 0.3) is 0 Å². The van der Waals surface area contributed by atoms with Crippen molar-refractivity contribution in [2.45, 2.75) is 51.7 Å². The highest BCUT2D eigenvalue weighted by Gasteiger charge is 2.30. The lowest BCUT2D eigenvalue weighted by molar-refractivity contribution is -0.137. The van der Waals surface area contributed by atoms with E-state index in [-0.39, 0.29) is 6.42 Å². The second-order valence-corrected chi connectivity index (χ2v) is 8.53. The Morgan fingerprint density at radius 3 is 2.03 bits per heavy atom. The predicted octanol–water partition coefficient (Wildman–Crippen LogP) is -0.107. The van der Waals surface area contributed by atoms with Crippen LogP contribution in [-0.4, -0.2) is 52.9 Å². The SMILES string of the molecule is CC(C)C(=O)N[C@H](CC(=O)NO)C(=O)N[C@H](Cc1ccc2ccccc2c1)C(=O)N[C@@H](C)C(N)=O. The quantitative estimate of drug-likeness (QED) is 0.191. The van der Waals surface area contributed by atoms with Crippen LogP contribution in [0.4, 0.5) is 0 Å². The molecule has 0 aromatic heterocycles. The lowest BCUT2D eigenvalue weighted by Gasteiger charge is -2.24. The maximum atomic E-state index is 13.0. The van der Waals surface area contributed by atoms with Gasteiger partial charge < -0.3 is 21.7 Å². The van der Waals surface area contributed by atoms with E-state index in [2.05, 4.69) is 16.0 Å². The lowest BCUT2D eigenvalue weighted by atomic mass is 10.0. The zero-order valence-electron chi connectivity index (χ0n) is 19.8. The number of hydroxylamine groups is 1. The Bertz CT molecular complexity index is 1100. The van der Waals surface area contributed by atoms with Crippen LogP contribution in [-0.2, 0) is 30.4 Å². The molecule has 0 saturated heterocycles. The van der Waals surface area contributed by atoms with Crippen molar-refractivity contribution < 1.29 is 29.2 Å². The standard InChI is InChI=1S/C24H31N5O6/c1-13(2)22(32)27-19(12-20(30)29-35)24(34)28-18(23(33)26-14(3)21(25)31)11-15-8-9-16-6-4-5-7-17(16)10-15/h4-10,13-14,18-19,35H,11-12H2,1-3H3,(H2,25,31)(H,26,33)(H,27,32)(H,28,34)(H,29,30)/t14-,18+,19+/m0/s1. The molecule has 0 unspecified atom stereocenters. The van der Waals surface area contributed by atoms with Crippen molar-refractivity contribution in [3.63, 3.8) is 0 Å². The second-order valence-electron chi connectivity index (χ2n) is 8.53. The normalized spacial score (nSPS) is 13.4. The Hall–Kier alpha value is -3.99. The molecule has 2 aromatic carbocycles. The first-order chi connectivity index (χ1) is 16.5. The summed E-state index contributed by atoms with van der Waals surface area (Å²) in [5.74, 6) is -4.10. The number of rotatable bonds is 11. The maximum absolute atomic E-state index is 13.0. The smallest absolute Gasteiger partial charge is 0.245 e. The zero-order valence-corrected chi connectivity index (χ0v) is 19.8. The third-order valence-electron chi connectivity index (χ3n) is 5.34. The van der Waals surface area contributed by atoms with Gasteiger partial charge >= 0.3 is 0 Å². The van der Waals surface area contributed by atoms with E-state index in [4.69, 9.17) is 10.9 Å². The molecule has 0 aliphatic rings. The number of carbonyl (C=O) groups is 5. The summed E-state index contributed by atoms with van der Waals surface area (Å²) in [6, 6.07) is 9.69. The minimum Gasteiger partial charge on any atom is -0.368 e. The first kappa shape index (κ1) is 27.3. The summed E-state index contributed by atoms with van der Waals surface area (Å²) in [6.45, 7) is 4.63. The van der Waals surface area contributed by atoms with Crippen LogP contribution in [0.1, 0.15) is 32.8 Å². The summed E-state index contributed by atoms with van der Waals surface area (Å²) in [5, 5.41) is 18.2. The first-order valence-corrected chi connectivity index (χ1v) is 11.1. The Morgan fingerprint density at radius 1 is 0.829 bits per heavy atom. The molecule has 5 amide bonds. The highest BCUT2D eigenvalue weighted by Crippen LogP contribution is 2.17. The monoisotopic (exact) mass is 485 g/mol. The molecule has 0 saturated carbocycles. The molecule has 2 rings (SSSR count). The molecular formula is C24H31N5O6. The van der Waals surface area contributed by atoms with Crippen LogP contribution in [0.5, 0.6) is 0 Å². The van der Waals surface area contributed by atoms with Gasteiger partial charge in [0, 0.05) is 12.3 Å². The van der Waals surface area contributed by atoms with Crippen LogP contribution < -0.4 is 27.2 Å². The van der Waals surface area contributed by atoms with E-state index in [1.807, 2.05) is 42.5 Å². The second kappa shape index (κ2) is 12.5. The average Bonchev–Trinajstić information content (AvgIpc) is 2.82. The van der Waals surface area contributed by atoms with Crippen molar-refractivity contribution in [3.8, 4) is 0 Å². The van der Waals surface area contributed by atoms with Crippen molar-refractivity contribution in [2.75, 3.05) is 0 Å². The fourth-order valence-corrected chi connectivity index (χ4v) is 3.25. The summed E-state index contributed by atoms with van der Waals surface area (Å²) in [5.41, 5.74) is 7.40. The van der Waals surface area contributed by atoms with Gasteiger partial charge in [-0.15, -0.1) is 0 Å². The molecule has 0 spiro atoms. The summed E-state index contributed by atoms with van der Waals surface area (Å²) >= 11 is 0. The van der Waals surface area contributed by atoms with E-state index < -0.39 is 60.0 Å². The maximum Gasteiger partial charge on any atom is 0.245 e. The molecule has 11 heteroatoms. The third-order valence-corrected chi connectivity index (χ3v) is 5.34. The van der Waals surface area contributed by atoms with E-state index in [1.54, 1.807) is 13.8 Å². The molecule has 0 radical (unpaired) electrons. The largest absolute Gasteiger partial charge is 0.368 e. The minimum absolute atomic E-state index is 0.0604. The molecule has 0 heterocycles. The van der Waals surface area contributed by atoms with Gasteiger partial charge in [-0.3, -0.25) is 29.2 Å². The van der Waals surface area contributed by atoms with Crippen molar-refractivity contribution in [2.24, 2.45) is 11.7 Å². The molecule has 35 heavy (non-hydrogen) atoms. The number of hydrogen-bond donors (Lipinski definition) is 6. The molecule has 188 valence electrons. The van der Waals surface area contributed by atoms with Gasteiger partial charge in [-0.2, -0.15) is 0 Å². The zero-order chi connectivity index (χ0) is 26.1. The van der Waals surface area contributed by atoms with Crippen LogP contribution in [0, 0.1) is 5.92 Å². The van der Waals surface area contributed by atoms with Crippen molar-refractivity contribution in [1.29, 1.82) is 0 Å². The third kappa shape index (κ3) is 8.07. The van der Waals surface area contributed by atoms with E-state index >= 15 is 0 Å². The highest BCUT2D eigenvalue weighted by molar-refractivity contribution is 5.96. The Kier molecular flexibility index (Phi) is 9.71. The summed E-state index contributed by atoms with van der Waals surface area (Å²) < 4.78 is 0. The molecule has 0 fully saturated rings. The highest BCUT2D eigenvalue weighted by atomic mass is 16.5. The number of amides is 5. The molecule has 3 atom stereocenters. The van der Waals surface area contributed by atoms with Gasteiger partial charge in [-0.25, -0.2) is 5.48 Å². The van der Waals surface area contributed by atoms with E-state index in [0.29, 0.717) is 0 Å². The predicted molar refractivity (Wildman–Crippen MR) is 128 cm³/mol. The van der Waals surface area contributed by atoms with Gasteiger partial charge in [0.1, 0.15) is 18.1 Å².